The minimum absolute atomic E-state index is 0.0688. The maximum atomic E-state index is 13.4. The van der Waals surface area contributed by atoms with Crippen LogP contribution in [-0.2, 0) is 11.3 Å². The quantitative estimate of drug-likeness (QED) is 0.128. The van der Waals surface area contributed by atoms with Crippen molar-refractivity contribution in [2.45, 2.75) is 45.7 Å². The van der Waals surface area contributed by atoms with Gasteiger partial charge in [0.05, 0.1) is 17.2 Å². The number of hydrazine groups is 1. The number of phenols is 1. The number of halogens is 1. The molecule has 10 nitrogen and oxygen atoms in total. The molecule has 0 unspecified atom stereocenters. The molecule has 0 saturated carbocycles. The molecule has 3 amide bonds. The van der Waals surface area contributed by atoms with Gasteiger partial charge in [-0.15, -0.1) is 0 Å². The average Bonchev–Trinajstić information content (AvgIpc) is 2.96. The van der Waals surface area contributed by atoms with Crippen LogP contribution in [0, 0.1) is 0 Å². The molecule has 4 N–H and O–H groups in total. The lowest BCUT2D eigenvalue weighted by atomic mass is 10.1. The summed E-state index contributed by atoms with van der Waals surface area (Å²) < 4.78 is 5.66. The SMILES string of the molecule is CCCCCOc1ccc(C(=O)N(N[C@@H](C)C(=O)O)C(=O)c2ccc(C(=O)NCc3cccc(O)c3)cc2Cl)cc1. The second kappa shape index (κ2) is 14.8. The second-order valence-electron chi connectivity index (χ2n) is 9.26. The molecule has 1 atom stereocenters. The van der Waals surface area contributed by atoms with Crippen molar-refractivity contribution in [3.8, 4) is 11.5 Å². The highest BCUT2D eigenvalue weighted by Gasteiger charge is 2.29. The highest BCUT2D eigenvalue weighted by atomic mass is 35.5. The Balaban J connectivity index is 1.77. The summed E-state index contributed by atoms with van der Waals surface area (Å²) >= 11 is 6.36. The van der Waals surface area contributed by atoms with E-state index in [0.717, 1.165) is 19.3 Å². The van der Waals surface area contributed by atoms with Gasteiger partial charge in [0, 0.05) is 17.7 Å². The van der Waals surface area contributed by atoms with Gasteiger partial charge in [-0.2, -0.15) is 0 Å². The molecule has 0 heterocycles. The fraction of sp³-hybridized carbons (Fsp3) is 0.267. The predicted octanol–water partition coefficient (Wildman–Crippen LogP) is 4.80. The number of carbonyl (C=O) groups excluding carboxylic acids is 3. The topological polar surface area (TPSA) is 145 Å². The lowest BCUT2D eigenvalue weighted by molar-refractivity contribution is -0.139. The highest BCUT2D eigenvalue weighted by Crippen LogP contribution is 2.22. The van der Waals surface area contributed by atoms with Gasteiger partial charge in [0.15, 0.2) is 0 Å². The number of carboxylic acids is 1. The fourth-order valence-corrected chi connectivity index (χ4v) is 3.99. The van der Waals surface area contributed by atoms with Gasteiger partial charge in [0.25, 0.3) is 17.7 Å². The molecule has 0 bridgehead atoms. The summed E-state index contributed by atoms with van der Waals surface area (Å²) in [5, 5.41) is 22.1. The van der Waals surface area contributed by atoms with E-state index in [1.165, 1.54) is 49.4 Å². The van der Waals surface area contributed by atoms with Gasteiger partial charge in [-0.1, -0.05) is 43.5 Å². The molecular formula is C30H32ClN3O7. The number of carbonyl (C=O) groups is 4. The molecule has 0 saturated heterocycles. The number of imide groups is 1. The molecule has 0 aromatic heterocycles. The second-order valence-corrected chi connectivity index (χ2v) is 9.67. The summed E-state index contributed by atoms with van der Waals surface area (Å²) in [7, 11) is 0. The Morgan fingerprint density at radius 1 is 0.951 bits per heavy atom. The lowest BCUT2D eigenvalue weighted by Crippen LogP contribution is -2.53. The Morgan fingerprint density at radius 3 is 2.29 bits per heavy atom. The first-order valence-electron chi connectivity index (χ1n) is 13.1. The van der Waals surface area contributed by atoms with Gasteiger partial charge in [-0.05, 0) is 73.5 Å². The first kappa shape index (κ1) is 31.1. The van der Waals surface area contributed by atoms with Crippen LogP contribution >= 0.6 is 11.6 Å². The number of rotatable bonds is 13. The Bertz CT molecular complexity index is 1400. The summed E-state index contributed by atoms with van der Waals surface area (Å²) in [4.78, 5) is 50.9. The van der Waals surface area contributed by atoms with Crippen molar-refractivity contribution in [1.29, 1.82) is 0 Å². The molecule has 0 fully saturated rings. The molecule has 3 rings (SSSR count). The summed E-state index contributed by atoms with van der Waals surface area (Å²) in [5.74, 6) is -2.83. The Morgan fingerprint density at radius 2 is 1.66 bits per heavy atom. The number of amides is 3. The maximum absolute atomic E-state index is 13.4. The van der Waals surface area contributed by atoms with Crippen LogP contribution in [0.3, 0.4) is 0 Å². The number of ether oxygens (including phenoxy) is 1. The highest BCUT2D eigenvalue weighted by molar-refractivity contribution is 6.34. The number of aliphatic carboxylic acids is 1. The van der Waals surface area contributed by atoms with Crippen LogP contribution < -0.4 is 15.5 Å². The van der Waals surface area contributed by atoms with E-state index >= 15 is 0 Å². The van der Waals surface area contributed by atoms with Crippen LogP contribution in [-0.4, -0.2) is 51.6 Å². The van der Waals surface area contributed by atoms with E-state index in [9.17, 15) is 29.4 Å². The molecule has 3 aromatic rings. The fourth-order valence-electron chi connectivity index (χ4n) is 3.72. The van der Waals surface area contributed by atoms with Crippen LogP contribution in [0.4, 0.5) is 0 Å². The third kappa shape index (κ3) is 8.79. The van der Waals surface area contributed by atoms with Gasteiger partial charge < -0.3 is 20.3 Å². The molecule has 0 spiro atoms. The summed E-state index contributed by atoms with van der Waals surface area (Å²) in [6, 6.07) is 15.2. The van der Waals surface area contributed by atoms with Crippen molar-refractivity contribution in [2.75, 3.05) is 6.61 Å². The largest absolute Gasteiger partial charge is 0.508 e. The zero-order valence-corrected chi connectivity index (χ0v) is 23.5. The van der Waals surface area contributed by atoms with Crippen molar-refractivity contribution < 1.29 is 34.1 Å². The van der Waals surface area contributed by atoms with Gasteiger partial charge >= 0.3 is 5.97 Å². The maximum Gasteiger partial charge on any atom is 0.322 e. The Kier molecular flexibility index (Phi) is 11.3. The first-order chi connectivity index (χ1) is 19.6. The molecule has 0 aliphatic carbocycles. The number of hydrogen-bond donors (Lipinski definition) is 4. The number of phenolic OH excluding ortho intramolecular Hbond substituents is 1. The van der Waals surface area contributed by atoms with Crippen LogP contribution in [0.25, 0.3) is 0 Å². The summed E-state index contributed by atoms with van der Waals surface area (Å²) in [6.07, 6.45) is 2.99. The van der Waals surface area contributed by atoms with Crippen LogP contribution in [0.15, 0.2) is 66.7 Å². The number of carboxylic acid groups (broad SMARTS) is 1. The van der Waals surface area contributed by atoms with E-state index in [1.54, 1.807) is 24.3 Å². The minimum Gasteiger partial charge on any atom is -0.508 e. The predicted molar refractivity (Wildman–Crippen MR) is 153 cm³/mol. The van der Waals surface area contributed by atoms with Crippen molar-refractivity contribution in [3.05, 3.63) is 94.0 Å². The molecule has 0 aliphatic heterocycles. The smallest absolute Gasteiger partial charge is 0.322 e. The monoisotopic (exact) mass is 581 g/mol. The number of aromatic hydroxyl groups is 1. The van der Waals surface area contributed by atoms with Gasteiger partial charge in [0.1, 0.15) is 17.5 Å². The molecular weight excluding hydrogens is 550 g/mol. The van der Waals surface area contributed by atoms with Crippen LogP contribution in [0.5, 0.6) is 11.5 Å². The number of nitrogens with zero attached hydrogens (tertiary/aromatic N) is 1. The zero-order valence-electron chi connectivity index (χ0n) is 22.7. The summed E-state index contributed by atoms with van der Waals surface area (Å²) in [5.41, 5.74) is 3.26. The van der Waals surface area contributed by atoms with Crippen molar-refractivity contribution in [1.82, 2.24) is 15.8 Å². The van der Waals surface area contributed by atoms with Crippen LogP contribution in [0.1, 0.15) is 69.7 Å². The molecule has 41 heavy (non-hydrogen) atoms. The Hall–Kier alpha value is -4.41. The van der Waals surface area contributed by atoms with E-state index in [4.69, 9.17) is 16.3 Å². The van der Waals surface area contributed by atoms with Gasteiger partial charge in [-0.3, -0.25) is 19.2 Å². The van der Waals surface area contributed by atoms with E-state index in [2.05, 4.69) is 17.7 Å². The molecule has 3 aromatic carbocycles. The summed E-state index contributed by atoms with van der Waals surface area (Å²) in [6.45, 7) is 4.05. The molecule has 216 valence electrons. The number of hydrogen-bond acceptors (Lipinski definition) is 7. The molecule has 11 heteroatoms. The number of nitrogens with one attached hydrogen (secondary N) is 2. The van der Waals surface area contributed by atoms with Crippen molar-refractivity contribution in [2.24, 2.45) is 0 Å². The molecule has 0 radical (unpaired) electrons. The number of benzene rings is 3. The van der Waals surface area contributed by atoms with Crippen LogP contribution in [0.2, 0.25) is 5.02 Å². The average molecular weight is 582 g/mol. The van der Waals surface area contributed by atoms with Gasteiger partial charge in [-0.25, -0.2) is 10.4 Å². The molecule has 0 aliphatic rings. The third-order valence-electron chi connectivity index (χ3n) is 6.04. The van der Waals surface area contributed by atoms with Gasteiger partial charge in [0.2, 0.25) is 0 Å². The van der Waals surface area contributed by atoms with E-state index < -0.39 is 29.7 Å². The van der Waals surface area contributed by atoms with E-state index in [-0.39, 0.29) is 34.0 Å². The minimum atomic E-state index is -1.29. The van der Waals surface area contributed by atoms with E-state index in [1.807, 2.05) is 0 Å². The standard InChI is InChI=1S/C30H32ClN3O7/c1-3-4-5-15-41-24-12-9-21(10-13-24)28(37)34(33-19(2)30(39)40)29(38)25-14-11-22(17-26(25)31)27(36)32-18-20-7-6-8-23(35)16-20/h6-14,16-17,19,33,35H,3-5,15,18H2,1-2H3,(H,32,36)(H,39,40)/t19-/m0/s1. The van der Waals surface area contributed by atoms with Crippen molar-refractivity contribution in [3.63, 3.8) is 0 Å². The zero-order chi connectivity index (χ0) is 29.9. The van der Waals surface area contributed by atoms with E-state index in [0.29, 0.717) is 22.9 Å². The normalized spacial score (nSPS) is 11.4. The third-order valence-corrected chi connectivity index (χ3v) is 6.36. The number of unbranched alkanes of at least 4 members (excludes halogenated alkanes) is 2. The lowest BCUT2D eigenvalue weighted by Gasteiger charge is -2.24. The Labute approximate surface area is 242 Å². The first-order valence-corrected chi connectivity index (χ1v) is 13.4. The van der Waals surface area contributed by atoms with Crippen molar-refractivity contribution >= 4 is 35.3 Å².